The maximum Gasteiger partial charge on any atom is 0.182 e. The van der Waals surface area contributed by atoms with Crippen molar-refractivity contribution in [2.75, 3.05) is 17.7 Å². The van der Waals surface area contributed by atoms with E-state index in [-0.39, 0.29) is 22.1 Å². The SMILES string of the molecule is CCS(=O)(=O)c1c(SC)sc(C(C)=O)c1N. The van der Waals surface area contributed by atoms with Crippen molar-refractivity contribution >= 4 is 44.4 Å². The third-order valence-electron chi connectivity index (χ3n) is 2.07. The van der Waals surface area contributed by atoms with E-state index in [0.29, 0.717) is 9.09 Å². The van der Waals surface area contributed by atoms with E-state index in [1.807, 2.05) is 0 Å². The van der Waals surface area contributed by atoms with Crippen molar-refractivity contribution in [3.63, 3.8) is 0 Å². The van der Waals surface area contributed by atoms with Crippen molar-refractivity contribution in [2.24, 2.45) is 0 Å². The molecule has 0 fully saturated rings. The zero-order chi connectivity index (χ0) is 12.5. The zero-order valence-corrected chi connectivity index (χ0v) is 11.7. The fourth-order valence-corrected chi connectivity index (χ4v) is 5.05. The average molecular weight is 279 g/mol. The summed E-state index contributed by atoms with van der Waals surface area (Å²) in [6.07, 6.45) is 1.77. The summed E-state index contributed by atoms with van der Waals surface area (Å²) in [7, 11) is -3.37. The van der Waals surface area contributed by atoms with Crippen LogP contribution in [0, 0.1) is 0 Å². The number of nitrogen functional groups attached to an aromatic ring is 1. The van der Waals surface area contributed by atoms with Gasteiger partial charge in [0.15, 0.2) is 15.6 Å². The number of Topliss-reactive ketones (excluding diaryl/α,β-unsaturated/α-hetero) is 1. The number of thioether (sulfide) groups is 1. The van der Waals surface area contributed by atoms with Crippen molar-refractivity contribution in [2.45, 2.75) is 23.0 Å². The molecular weight excluding hydrogens is 266 g/mol. The van der Waals surface area contributed by atoms with Crippen LogP contribution in [-0.2, 0) is 9.84 Å². The Balaban J connectivity index is 3.56. The van der Waals surface area contributed by atoms with Crippen LogP contribution >= 0.6 is 23.1 Å². The van der Waals surface area contributed by atoms with Gasteiger partial charge in [-0.3, -0.25) is 4.79 Å². The maximum absolute atomic E-state index is 11.8. The molecule has 0 spiro atoms. The van der Waals surface area contributed by atoms with Crippen LogP contribution < -0.4 is 5.73 Å². The topological polar surface area (TPSA) is 77.2 Å². The smallest absolute Gasteiger partial charge is 0.182 e. The van der Waals surface area contributed by atoms with Crippen molar-refractivity contribution in [3.8, 4) is 0 Å². The first-order valence-corrected chi connectivity index (χ1v) is 8.24. The molecule has 0 amide bonds. The highest BCUT2D eigenvalue weighted by Crippen LogP contribution is 2.40. The number of thiophene rings is 1. The number of hydrogen-bond donors (Lipinski definition) is 1. The zero-order valence-electron chi connectivity index (χ0n) is 9.23. The summed E-state index contributed by atoms with van der Waals surface area (Å²) in [4.78, 5) is 11.7. The molecule has 0 saturated heterocycles. The van der Waals surface area contributed by atoms with Gasteiger partial charge in [0, 0.05) is 6.92 Å². The van der Waals surface area contributed by atoms with E-state index >= 15 is 0 Å². The van der Waals surface area contributed by atoms with Crippen molar-refractivity contribution < 1.29 is 13.2 Å². The lowest BCUT2D eigenvalue weighted by Gasteiger charge is -2.02. The predicted molar refractivity (Wildman–Crippen MR) is 68.2 cm³/mol. The molecule has 4 nitrogen and oxygen atoms in total. The number of nitrogens with two attached hydrogens (primary N) is 1. The lowest BCUT2D eigenvalue weighted by molar-refractivity contribution is 0.102. The summed E-state index contributed by atoms with van der Waals surface area (Å²) >= 11 is 2.44. The van der Waals surface area contributed by atoms with E-state index in [1.165, 1.54) is 18.7 Å². The molecule has 7 heteroatoms. The molecule has 0 radical (unpaired) electrons. The highest BCUT2D eigenvalue weighted by molar-refractivity contribution is 8.01. The Labute approximate surface area is 103 Å². The van der Waals surface area contributed by atoms with Crippen LogP contribution in [0.25, 0.3) is 0 Å². The van der Waals surface area contributed by atoms with Gasteiger partial charge in [0.1, 0.15) is 4.90 Å². The molecule has 0 bridgehead atoms. The Bertz CT molecular complexity index is 516. The Morgan fingerprint density at radius 2 is 2.06 bits per heavy atom. The van der Waals surface area contributed by atoms with Crippen LogP contribution in [0.5, 0.6) is 0 Å². The van der Waals surface area contributed by atoms with E-state index in [4.69, 9.17) is 5.73 Å². The molecule has 0 atom stereocenters. The van der Waals surface area contributed by atoms with Gasteiger partial charge in [-0.2, -0.15) is 0 Å². The third kappa shape index (κ3) is 2.26. The largest absolute Gasteiger partial charge is 0.396 e. The molecule has 0 aliphatic carbocycles. The summed E-state index contributed by atoms with van der Waals surface area (Å²) < 4.78 is 24.3. The number of carbonyl (C=O) groups excluding carboxylic acids is 1. The molecule has 0 aliphatic rings. The summed E-state index contributed by atoms with van der Waals surface area (Å²) in [5.74, 6) is -0.214. The maximum atomic E-state index is 11.8. The predicted octanol–water partition coefficient (Wildman–Crippen LogP) is 2.05. The van der Waals surface area contributed by atoms with Gasteiger partial charge < -0.3 is 5.73 Å². The van der Waals surface area contributed by atoms with Gasteiger partial charge in [0.2, 0.25) is 0 Å². The summed E-state index contributed by atoms with van der Waals surface area (Å²) in [6, 6.07) is 0. The van der Waals surface area contributed by atoms with E-state index in [0.717, 1.165) is 11.3 Å². The van der Waals surface area contributed by atoms with Crippen LogP contribution in [-0.4, -0.2) is 26.2 Å². The fourth-order valence-electron chi connectivity index (χ4n) is 1.24. The van der Waals surface area contributed by atoms with E-state index in [9.17, 15) is 13.2 Å². The average Bonchev–Trinajstić information content (AvgIpc) is 2.56. The van der Waals surface area contributed by atoms with Crippen molar-refractivity contribution in [3.05, 3.63) is 4.88 Å². The van der Waals surface area contributed by atoms with Crippen LogP contribution in [0.1, 0.15) is 23.5 Å². The molecule has 90 valence electrons. The first kappa shape index (κ1) is 13.5. The monoisotopic (exact) mass is 279 g/mol. The second-order valence-electron chi connectivity index (χ2n) is 3.13. The molecule has 1 aromatic heterocycles. The normalized spacial score (nSPS) is 11.7. The van der Waals surface area contributed by atoms with Gasteiger partial charge in [-0.1, -0.05) is 6.92 Å². The van der Waals surface area contributed by atoms with Crippen LogP contribution in [0.2, 0.25) is 0 Å². The Hall–Kier alpha value is -0.530. The Morgan fingerprint density at radius 3 is 2.44 bits per heavy atom. The van der Waals surface area contributed by atoms with Gasteiger partial charge in [0.05, 0.1) is 20.5 Å². The Kier molecular flexibility index (Phi) is 4.03. The third-order valence-corrected chi connectivity index (χ3v) is 6.56. The molecule has 1 rings (SSSR count). The molecule has 0 aromatic carbocycles. The van der Waals surface area contributed by atoms with Crippen molar-refractivity contribution in [1.29, 1.82) is 0 Å². The summed E-state index contributed by atoms with van der Waals surface area (Å²) in [5.41, 5.74) is 5.84. The highest BCUT2D eigenvalue weighted by atomic mass is 32.2. The lowest BCUT2D eigenvalue weighted by Crippen LogP contribution is -2.07. The standard InChI is InChI=1S/C9H13NO3S3/c1-4-16(12,13)8-6(10)7(5(2)11)15-9(8)14-3/h4,10H2,1-3H3. The second kappa shape index (κ2) is 4.77. The molecule has 0 aliphatic heterocycles. The van der Waals surface area contributed by atoms with Gasteiger partial charge in [0.25, 0.3) is 0 Å². The number of anilines is 1. The van der Waals surface area contributed by atoms with Crippen LogP contribution in [0.4, 0.5) is 5.69 Å². The van der Waals surface area contributed by atoms with Crippen LogP contribution in [0.3, 0.4) is 0 Å². The fraction of sp³-hybridized carbons (Fsp3) is 0.444. The first-order valence-electron chi connectivity index (χ1n) is 4.55. The minimum Gasteiger partial charge on any atom is -0.396 e. The second-order valence-corrected chi connectivity index (χ2v) is 7.44. The molecular formula is C9H13NO3S3. The number of sulfone groups is 1. The van der Waals surface area contributed by atoms with Gasteiger partial charge in [-0.05, 0) is 6.26 Å². The quantitative estimate of drug-likeness (QED) is 0.674. The number of carbonyl (C=O) groups is 1. The Morgan fingerprint density at radius 1 is 1.50 bits per heavy atom. The van der Waals surface area contributed by atoms with Gasteiger partial charge >= 0.3 is 0 Å². The molecule has 16 heavy (non-hydrogen) atoms. The van der Waals surface area contributed by atoms with Gasteiger partial charge in [-0.25, -0.2) is 8.42 Å². The molecule has 0 saturated carbocycles. The number of ketones is 1. The van der Waals surface area contributed by atoms with Gasteiger partial charge in [-0.15, -0.1) is 23.1 Å². The highest BCUT2D eigenvalue weighted by Gasteiger charge is 2.26. The van der Waals surface area contributed by atoms with Crippen molar-refractivity contribution in [1.82, 2.24) is 0 Å². The van der Waals surface area contributed by atoms with E-state index < -0.39 is 9.84 Å². The minimum atomic E-state index is -3.37. The number of hydrogen-bond acceptors (Lipinski definition) is 6. The molecule has 2 N–H and O–H groups in total. The van der Waals surface area contributed by atoms with E-state index in [1.54, 1.807) is 13.2 Å². The first-order chi connectivity index (χ1) is 7.35. The summed E-state index contributed by atoms with van der Waals surface area (Å²) in [6.45, 7) is 2.94. The lowest BCUT2D eigenvalue weighted by atomic mass is 10.3. The molecule has 0 unspecified atom stereocenters. The summed E-state index contributed by atoms with van der Waals surface area (Å²) in [5, 5.41) is 0. The van der Waals surface area contributed by atoms with Crippen LogP contribution in [0.15, 0.2) is 9.10 Å². The minimum absolute atomic E-state index is 0.0150. The molecule has 1 heterocycles. The molecule has 1 aromatic rings. The van der Waals surface area contributed by atoms with E-state index in [2.05, 4.69) is 0 Å². The number of rotatable bonds is 4.